The summed E-state index contributed by atoms with van der Waals surface area (Å²) in [5, 5.41) is 1.84. The van der Waals surface area contributed by atoms with E-state index in [1.54, 1.807) is 12.3 Å². The molecule has 1 saturated carbocycles. The minimum atomic E-state index is -0.339. The van der Waals surface area contributed by atoms with E-state index in [1.807, 2.05) is 5.01 Å². The molecule has 0 aliphatic heterocycles. The molecule has 3 N–H and O–H groups in total. The topological polar surface area (TPSA) is 84.1 Å². The fourth-order valence-electron chi connectivity index (χ4n) is 2.47. The molecule has 120 valence electrons. The Labute approximate surface area is 135 Å². The molecule has 6 heteroatoms. The second-order valence-corrected chi connectivity index (χ2v) is 5.90. The Bertz CT molecular complexity index is 685. The summed E-state index contributed by atoms with van der Waals surface area (Å²) in [5.74, 6) is 1.06. The third-order valence-electron chi connectivity index (χ3n) is 3.99. The smallest absolute Gasteiger partial charge is 0.219 e. The minimum Gasteiger partial charge on any atom is -0.370 e. The summed E-state index contributed by atoms with van der Waals surface area (Å²) >= 11 is 0. The third kappa shape index (κ3) is 3.97. The predicted molar refractivity (Wildman–Crippen MR) is 90.0 cm³/mol. The van der Waals surface area contributed by atoms with Crippen molar-refractivity contribution >= 4 is 17.4 Å². The normalized spacial score (nSPS) is 13.6. The number of aryl methyl sites for hydroxylation is 1. The molecule has 0 saturated heterocycles. The number of nitrogens with zero attached hydrogens (tertiary/aromatic N) is 3. The van der Waals surface area contributed by atoms with Gasteiger partial charge in [-0.1, -0.05) is 12.1 Å². The number of anilines is 2. The van der Waals surface area contributed by atoms with Crippen LogP contribution in [0.5, 0.6) is 0 Å². The number of primary amides is 1. The molecule has 6 nitrogen and oxygen atoms in total. The van der Waals surface area contributed by atoms with Gasteiger partial charge in [0, 0.05) is 25.2 Å². The number of carbonyl (C=O) groups excluding carboxylic acids is 1. The Morgan fingerprint density at radius 2 is 2.22 bits per heavy atom. The highest BCUT2D eigenvalue weighted by molar-refractivity contribution is 5.74. The van der Waals surface area contributed by atoms with E-state index >= 15 is 0 Å². The molecule has 1 aromatic carbocycles. The summed E-state index contributed by atoms with van der Waals surface area (Å²) < 4.78 is 0. The van der Waals surface area contributed by atoms with Crippen LogP contribution in [0.2, 0.25) is 0 Å². The van der Waals surface area contributed by atoms with Gasteiger partial charge in [0.25, 0.3) is 0 Å². The first kappa shape index (κ1) is 15.3. The first-order valence-corrected chi connectivity index (χ1v) is 7.82. The van der Waals surface area contributed by atoms with Crippen LogP contribution in [-0.4, -0.2) is 22.4 Å². The summed E-state index contributed by atoms with van der Waals surface area (Å²) in [6.45, 7) is 2.50. The van der Waals surface area contributed by atoms with Gasteiger partial charge < -0.3 is 5.73 Å². The van der Waals surface area contributed by atoms with Crippen molar-refractivity contribution in [2.75, 3.05) is 17.0 Å². The van der Waals surface area contributed by atoms with Gasteiger partial charge in [0.1, 0.15) is 12.1 Å². The number of rotatable bonds is 7. The first-order valence-electron chi connectivity index (χ1n) is 7.82. The molecular weight excluding hydrogens is 290 g/mol. The van der Waals surface area contributed by atoms with Gasteiger partial charge >= 0.3 is 0 Å². The van der Waals surface area contributed by atoms with Gasteiger partial charge in [-0.05, 0) is 42.9 Å². The fourth-order valence-corrected chi connectivity index (χ4v) is 2.47. The molecule has 0 spiro atoms. The monoisotopic (exact) mass is 311 g/mol. The molecule has 0 radical (unpaired) electrons. The van der Waals surface area contributed by atoms with Gasteiger partial charge in [0.05, 0.1) is 5.69 Å². The molecule has 1 aliphatic rings. The zero-order valence-electron chi connectivity index (χ0n) is 13.2. The van der Waals surface area contributed by atoms with Crippen molar-refractivity contribution in [3.8, 4) is 0 Å². The van der Waals surface area contributed by atoms with Crippen molar-refractivity contribution in [2.24, 2.45) is 5.73 Å². The van der Waals surface area contributed by atoms with Crippen LogP contribution in [0.3, 0.4) is 0 Å². The Morgan fingerprint density at radius 1 is 1.39 bits per heavy atom. The number of benzene rings is 1. The van der Waals surface area contributed by atoms with Crippen LogP contribution < -0.4 is 16.2 Å². The highest BCUT2D eigenvalue weighted by Gasteiger charge is 2.24. The van der Waals surface area contributed by atoms with Gasteiger partial charge in [-0.3, -0.25) is 15.2 Å². The van der Waals surface area contributed by atoms with E-state index in [0.717, 1.165) is 11.3 Å². The van der Waals surface area contributed by atoms with Crippen LogP contribution in [0, 0.1) is 6.92 Å². The average Bonchev–Trinajstić information content (AvgIpc) is 3.38. The maximum absolute atomic E-state index is 11.1. The van der Waals surface area contributed by atoms with Gasteiger partial charge in [-0.2, -0.15) is 0 Å². The number of amides is 1. The van der Waals surface area contributed by atoms with E-state index in [4.69, 9.17) is 5.73 Å². The molecule has 1 aliphatic carbocycles. The number of hydrogen-bond acceptors (Lipinski definition) is 5. The number of hydrazine groups is 1. The zero-order valence-corrected chi connectivity index (χ0v) is 13.2. The highest BCUT2D eigenvalue weighted by Crippen LogP contribution is 2.41. The van der Waals surface area contributed by atoms with Crippen molar-refractivity contribution in [3.63, 3.8) is 0 Å². The van der Waals surface area contributed by atoms with Crippen LogP contribution in [0.4, 0.5) is 11.5 Å². The summed E-state index contributed by atoms with van der Waals surface area (Å²) in [4.78, 5) is 19.3. The van der Waals surface area contributed by atoms with Gasteiger partial charge in [0.2, 0.25) is 5.91 Å². The van der Waals surface area contributed by atoms with Crippen molar-refractivity contribution in [1.29, 1.82) is 0 Å². The second-order valence-electron chi connectivity index (χ2n) is 5.90. The molecule has 0 bridgehead atoms. The van der Waals surface area contributed by atoms with E-state index in [0.29, 0.717) is 18.3 Å². The molecule has 1 aromatic heterocycles. The molecule has 1 amide bonds. The molecule has 1 fully saturated rings. The predicted octanol–water partition coefficient (Wildman–Crippen LogP) is 2.37. The third-order valence-corrected chi connectivity index (χ3v) is 3.99. The Morgan fingerprint density at radius 3 is 2.87 bits per heavy atom. The molecule has 0 unspecified atom stereocenters. The summed E-state index contributed by atoms with van der Waals surface area (Å²) in [5.41, 5.74) is 12.2. The Balaban J connectivity index is 1.82. The number of aromatic nitrogens is 2. The summed E-state index contributed by atoms with van der Waals surface area (Å²) in [6.07, 6.45) is 5.94. The van der Waals surface area contributed by atoms with E-state index in [9.17, 15) is 4.79 Å². The lowest BCUT2D eigenvalue weighted by atomic mass is 10.1. The van der Waals surface area contributed by atoms with Crippen molar-refractivity contribution < 1.29 is 4.79 Å². The van der Waals surface area contributed by atoms with Gasteiger partial charge in [-0.25, -0.2) is 9.97 Å². The quantitative estimate of drug-likeness (QED) is 0.767. The second kappa shape index (κ2) is 6.64. The number of carbonyl (C=O) groups is 1. The molecule has 23 heavy (non-hydrogen) atoms. The van der Waals surface area contributed by atoms with Gasteiger partial charge in [0.15, 0.2) is 0 Å². The van der Waals surface area contributed by atoms with Gasteiger partial charge in [-0.15, -0.1) is 0 Å². The van der Waals surface area contributed by atoms with E-state index in [-0.39, 0.29) is 12.3 Å². The maximum Gasteiger partial charge on any atom is 0.219 e. The fraction of sp³-hybridized carbons (Fsp3) is 0.353. The zero-order chi connectivity index (χ0) is 16.2. The standard InChI is InChI=1S/C17H21N5O/c1-12-2-3-14(13-4-5-13)10-15(12)21-22(9-7-16(18)23)17-6-8-19-11-20-17/h2-3,6,8,10-11,13,21H,4-5,7,9H2,1H3,(H2,18,23). The molecule has 2 aromatic rings. The van der Waals surface area contributed by atoms with Crippen LogP contribution in [-0.2, 0) is 4.79 Å². The Hall–Kier alpha value is -2.63. The lowest BCUT2D eigenvalue weighted by molar-refractivity contribution is -0.117. The summed E-state index contributed by atoms with van der Waals surface area (Å²) in [6, 6.07) is 8.30. The SMILES string of the molecule is Cc1ccc(C2CC2)cc1NN(CCC(N)=O)c1ccncn1. The largest absolute Gasteiger partial charge is 0.370 e. The van der Waals surface area contributed by atoms with Crippen LogP contribution >= 0.6 is 0 Å². The number of nitrogens with two attached hydrogens (primary N) is 1. The van der Waals surface area contributed by atoms with Crippen molar-refractivity contribution in [2.45, 2.75) is 32.1 Å². The van der Waals surface area contributed by atoms with Crippen LogP contribution in [0.25, 0.3) is 0 Å². The first-order chi connectivity index (χ1) is 11.1. The Kier molecular flexibility index (Phi) is 4.41. The van der Waals surface area contributed by atoms with Crippen molar-refractivity contribution in [3.05, 3.63) is 47.9 Å². The van der Waals surface area contributed by atoms with E-state index in [1.165, 1.54) is 24.7 Å². The van der Waals surface area contributed by atoms with E-state index in [2.05, 4.69) is 40.5 Å². The van der Waals surface area contributed by atoms with Crippen LogP contribution in [0.1, 0.15) is 36.3 Å². The average molecular weight is 311 g/mol. The number of nitrogens with one attached hydrogen (secondary N) is 1. The molecule has 3 rings (SSSR count). The highest BCUT2D eigenvalue weighted by atomic mass is 16.1. The van der Waals surface area contributed by atoms with Crippen molar-refractivity contribution in [1.82, 2.24) is 9.97 Å². The minimum absolute atomic E-state index is 0.248. The van der Waals surface area contributed by atoms with Crippen LogP contribution in [0.15, 0.2) is 36.8 Å². The van der Waals surface area contributed by atoms with E-state index < -0.39 is 0 Å². The summed E-state index contributed by atoms with van der Waals surface area (Å²) in [7, 11) is 0. The molecule has 0 atom stereocenters. The lowest BCUT2D eigenvalue weighted by Crippen LogP contribution is -2.34. The maximum atomic E-state index is 11.1. The molecule has 1 heterocycles. The molecular formula is C17H21N5O. The number of hydrogen-bond donors (Lipinski definition) is 2. The lowest BCUT2D eigenvalue weighted by Gasteiger charge is -2.26.